The Labute approximate surface area is 181 Å². The van der Waals surface area contributed by atoms with E-state index in [1.165, 1.54) is 0 Å². The third-order valence-electron chi connectivity index (χ3n) is 6.81. The van der Waals surface area contributed by atoms with Gasteiger partial charge >= 0.3 is 0 Å². The fraction of sp³-hybridized carbons (Fsp3) is 0.720. The number of ether oxygens (including phenoxy) is 1. The molecule has 2 fully saturated rings. The summed E-state index contributed by atoms with van der Waals surface area (Å²) >= 11 is 0. The van der Waals surface area contributed by atoms with E-state index in [1.54, 1.807) is 13.2 Å². The first-order valence-corrected chi connectivity index (χ1v) is 11.2. The number of halogens is 1. The summed E-state index contributed by atoms with van der Waals surface area (Å²) in [6.07, 6.45) is 1.74. The lowest BCUT2D eigenvalue weighted by molar-refractivity contribution is 0.0575. The van der Waals surface area contributed by atoms with Gasteiger partial charge in [0.1, 0.15) is 11.9 Å². The van der Waals surface area contributed by atoms with Gasteiger partial charge in [-0.15, -0.1) is 0 Å². The first kappa shape index (κ1) is 23.1. The van der Waals surface area contributed by atoms with Gasteiger partial charge in [0.15, 0.2) is 0 Å². The summed E-state index contributed by atoms with van der Waals surface area (Å²) in [7, 11) is 1.61. The number of benzene rings is 1. The summed E-state index contributed by atoms with van der Waals surface area (Å²) in [5.74, 6) is 0.539. The number of carbonyl (C=O) groups excluding carboxylic acids is 1. The van der Waals surface area contributed by atoms with Crippen LogP contribution in [0, 0.1) is 10.8 Å². The van der Waals surface area contributed by atoms with Crippen LogP contribution < -0.4 is 10.1 Å². The predicted molar refractivity (Wildman–Crippen MR) is 120 cm³/mol. The molecule has 1 amide bonds. The van der Waals surface area contributed by atoms with Crippen LogP contribution in [0.2, 0.25) is 0 Å². The summed E-state index contributed by atoms with van der Waals surface area (Å²) in [5, 5.41) is 3.11. The zero-order valence-corrected chi connectivity index (χ0v) is 19.8. The van der Waals surface area contributed by atoms with Crippen LogP contribution in [0.25, 0.3) is 0 Å². The molecule has 4 nitrogen and oxygen atoms in total. The zero-order valence-electron chi connectivity index (χ0n) is 19.8. The third kappa shape index (κ3) is 5.16. The molecule has 1 N–H and O–H groups in total. The summed E-state index contributed by atoms with van der Waals surface area (Å²) in [5.41, 5.74) is 1.43. The van der Waals surface area contributed by atoms with Gasteiger partial charge < -0.3 is 15.0 Å². The van der Waals surface area contributed by atoms with Gasteiger partial charge in [-0.1, -0.05) is 41.5 Å². The molecule has 2 unspecified atom stereocenters. The number of rotatable bonds is 5. The molecule has 0 radical (unpaired) electrons. The molecule has 0 aromatic heterocycles. The smallest absolute Gasteiger partial charge is 0.251 e. The van der Waals surface area contributed by atoms with E-state index in [2.05, 4.69) is 51.8 Å². The van der Waals surface area contributed by atoms with Crippen molar-refractivity contribution < 1.29 is 13.9 Å². The number of hydrogen-bond acceptors (Lipinski definition) is 3. The Bertz CT molecular complexity index is 780. The molecule has 1 aliphatic carbocycles. The molecule has 3 rings (SSSR count). The predicted octanol–water partition coefficient (Wildman–Crippen LogP) is 4.96. The van der Waals surface area contributed by atoms with Crippen molar-refractivity contribution in [2.24, 2.45) is 10.8 Å². The molecule has 168 valence electrons. The highest BCUT2D eigenvalue weighted by Gasteiger charge is 2.61. The molecule has 1 aromatic rings. The molecule has 30 heavy (non-hydrogen) atoms. The molecule has 1 spiro atoms. The Morgan fingerprint density at radius 2 is 1.93 bits per heavy atom. The Balaban J connectivity index is 1.62. The van der Waals surface area contributed by atoms with Gasteiger partial charge in [-0.3, -0.25) is 4.79 Å². The van der Waals surface area contributed by atoms with Crippen LogP contribution in [0.5, 0.6) is 5.75 Å². The lowest BCUT2D eigenvalue weighted by atomic mass is 9.86. The third-order valence-corrected chi connectivity index (χ3v) is 6.81. The van der Waals surface area contributed by atoms with Crippen LogP contribution in [-0.2, 0) is 5.41 Å². The second-order valence-corrected chi connectivity index (χ2v) is 11.5. The van der Waals surface area contributed by atoms with Crippen LogP contribution in [0.4, 0.5) is 4.39 Å². The molecule has 1 heterocycles. The van der Waals surface area contributed by atoms with Crippen molar-refractivity contribution in [3.8, 4) is 5.75 Å². The number of carbonyl (C=O) groups is 1. The van der Waals surface area contributed by atoms with Gasteiger partial charge in [0.25, 0.3) is 5.91 Å². The molecule has 1 saturated carbocycles. The van der Waals surface area contributed by atoms with Crippen molar-refractivity contribution in [1.82, 2.24) is 10.2 Å². The van der Waals surface area contributed by atoms with E-state index in [9.17, 15) is 4.79 Å². The monoisotopic (exact) mass is 418 g/mol. The van der Waals surface area contributed by atoms with Crippen LogP contribution >= 0.6 is 0 Å². The van der Waals surface area contributed by atoms with E-state index in [-0.39, 0.29) is 28.2 Å². The van der Waals surface area contributed by atoms with Crippen molar-refractivity contribution in [1.29, 1.82) is 0 Å². The van der Waals surface area contributed by atoms with Gasteiger partial charge in [-0.25, -0.2) is 4.39 Å². The largest absolute Gasteiger partial charge is 0.497 e. The number of nitrogens with zero attached hydrogens (tertiary/aromatic N) is 1. The van der Waals surface area contributed by atoms with Crippen molar-refractivity contribution >= 4 is 5.91 Å². The highest BCUT2D eigenvalue weighted by molar-refractivity contribution is 5.95. The maximum absolute atomic E-state index is 15.1. The second-order valence-electron chi connectivity index (χ2n) is 11.5. The zero-order chi connectivity index (χ0) is 22.3. The molecule has 5 heteroatoms. The average Bonchev–Trinajstić information content (AvgIpc) is 3.34. The van der Waals surface area contributed by atoms with Crippen molar-refractivity contribution in [3.63, 3.8) is 0 Å². The van der Waals surface area contributed by atoms with Crippen molar-refractivity contribution in [2.45, 2.75) is 78.4 Å². The number of hydrogen-bond donors (Lipinski definition) is 1. The topological polar surface area (TPSA) is 41.6 Å². The number of piperidine rings is 1. The van der Waals surface area contributed by atoms with E-state index < -0.39 is 6.17 Å². The Morgan fingerprint density at radius 3 is 2.50 bits per heavy atom. The van der Waals surface area contributed by atoms with Crippen molar-refractivity contribution in [3.05, 3.63) is 29.3 Å². The van der Waals surface area contributed by atoms with Crippen LogP contribution in [0.1, 0.15) is 76.7 Å². The maximum Gasteiger partial charge on any atom is 0.251 e. The summed E-state index contributed by atoms with van der Waals surface area (Å²) in [6.45, 7) is 15.3. The molecule has 1 aromatic carbocycles. The number of nitrogens with one attached hydrogen (secondary N) is 1. The summed E-state index contributed by atoms with van der Waals surface area (Å²) in [4.78, 5) is 15.2. The molecule has 1 saturated heterocycles. The molecule has 1 aliphatic heterocycles. The van der Waals surface area contributed by atoms with Crippen LogP contribution in [-0.4, -0.2) is 49.8 Å². The number of methoxy groups -OCH3 is 1. The van der Waals surface area contributed by atoms with E-state index >= 15 is 4.39 Å². The minimum absolute atomic E-state index is 0.0750. The first-order valence-electron chi connectivity index (χ1n) is 11.2. The molecule has 0 bridgehead atoms. The van der Waals surface area contributed by atoms with E-state index in [1.807, 2.05) is 12.1 Å². The summed E-state index contributed by atoms with van der Waals surface area (Å²) in [6, 6.07) is 5.59. The van der Waals surface area contributed by atoms with Crippen molar-refractivity contribution in [2.75, 3.05) is 26.7 Å². The van der Waals surface area contributed by atoms with Crippen LogP contribution in [0.15, 0.2) is 18.2 Å². The standard InChI is InChI=1S/C25H39FN2O2/c1-23(2,3)8-10-28-11-9-25(20(26)16-28)15-21(25)27-22(29)17-12-18(24(4,5)6)14-19(13-17)30-7/h12-14,20-21H,8-11,15-16H2,1-7H3,(H,27,29)/t20-,21?,25?/m0/s1. The summed E-state index contributed by atoms with van der Waals surface area (Å²) < 4.78 is 20.5. The fourth-order valence-corrected chi connectivity index (χ4v) is 4.38. The van der Waals surface area contributed by atoms with Gasteiger partial charge in [-0.05, 0) is 66.9 Å². The highest BCUT2D eigenvalue weighted by atomic mass is 19.1. The lowest BCUT2D eigenvalue weighted by Gasteiger charge is -2.37. The van der Waals surface area contributed by atoms with E-state index in [4.69, 9.17) is 4.74 Å². The SMILES string of the molecule is COc1cc(C(=O)NC2CC23CCN(CCC(C)(C)C)C[C@@H]3F)cc(C(C)(C)C)c1. The van der Waals surface area contributed by atoms with Gasteiger partial charge in [0, 0.05) is 23.6 Å². The Hall–Kier alpha value is -1.62. The Morgan fingerprint density at radius 1 is 1.23 bits per heavy atom. The maximum atomic E-state index is 15.1. The fourth-order valence-electron chi connectivity index (χ4n) is 4.38. The van der Waals surface area contributed by atoms with E-state index in [0.29, 0.717) is 17.9 Å². The van der Waals surface area contributed by atoms with Gasteiger partial charge in [0.2, 0.25) is 0 Å². The number of alkyl halides is 1. The minimum Gasteiger partial charge on any atom is -0.497 e. The molecule has 2 aliphatic rings. The van der Waals surface area contributed by atoms with Gasteiger partial charge in [0.05, 0.1) is 7.11 Å². The first-order chi connectivity index (χ1) is 13.8. The normalized spacial score (nSPS) is 27.2. The molecular weight excluding hydrogens is 379 g/mol. The second kappa shape index (κ2) is 8.14. The lowest BCUT2D eigenvalue weighted by Crippen LogP contribution is -2.47. The van der Waals surface area contributed by atoms with Gasteiger partial charge in [-0.2, -0.15) is 0 Å². The quantitative estimate of drug-likeness (QED) is 0.735. The molecule has 3 atom stereocenters. The minimum atomic E-state index is -0.882. The van der Waals surface area contributed by atoms with Crippen LogP contribution in [0.3, 0.4) is 0 Å². The Kier molecular flexibility index (Phi) is 6.26. The van der Waals surface area contributed by atoms with E-state index in [0.717, 1.165) is 37.9 Å². The number of likely N-dealkylation sites (tertiary alicyclic amines) is 1. The number of amides is 1. The highest BCUT2D eigenvalue weighted by Crippen LogP contribution is 2.55. The molecular formula is C25H39FN2O2. The average molecular weight is 419 g/mol.